The number of hydrogen-bond donors (Lipinski definition) is 0. The lowest BCUT2D eigenvalue weighted by molar-refractivity contribution is 0.141. The average Bonchev–Trinajstić information content (AvgIpc) is 2.75. The molecule has 1 unspecified atom stereocenters. The zero-order chi connectivity index (χ0) is 12.3. The molecule has 2 amide bonds. The summed E-state index contributed by atoms with van der Waals surface area (Å²) in [4.78, 5) is 18.5. The maximum Gasteiger partial charge on any atom is 0.319 e. The molecule has 4 heteroatoms. The van der Waals surface area contributed by atoms with E-state index in [1.807, 2.05) is 16.8 Å². The molecule has 0 radical (unpaired) electrons. The summed E-state index contributed by atoms with van der Waals surface area (Å²) >= 11 is 0. The fourth-order valence-electron chi connectivity index (χ4n) is 2.93. The summed E-state index contributed by atoms with van der Waals surface area (Å²) in [5.41, 5.74) is 0. The minimum atomic E-state index is 0.227. The van der Waals surface area contributed by atoms with E-state index in [-0.39, 0.29) is 6.03 Å². The summed E-state index contributed by atoms with van der Waals surface area (Å²) in [6.45, 7) is 3.95. The highest BCUT2D eigenvalue weighted by molar-refractivity contribution is 5.74. The highest BCUT2D eigenvalue weighted by atomic mass is 16.2. The second kappa shape index (κ2) is 5.71. The van der Waals surface area contributed by atoms with Gasteiger partial charge in [0.05, 0.1) is 0 Å². The largest absolute Gasteiger partial charge is 0.326 e. The van der Waals surface area contributed by atoms with Crippen LogP contribution in [0.15, 0.2) is 0 Å². The molecule has 0 bridgehead atoms. The second-order valence-electron chi connectivity index (χ2n) is 5.49. The molecule has 2 rings (SSSR count). The molecule has 0 aromatic rings. The van der Waals surface area contributed by atoms with Gasteiger partial charge in [0, 0.05) is 32.7 Å². The number of carbonyl (C=O) groups is 1. The fraction of sp³-hybridized carbons (Fsp3) is 0.923. The van der Waals surface area contributed by atoms with E-state index in [1.165, 1.54) is 38.6 Å². The van der Waals surface area contributed by atoms with Crippen LogP contribution in [0.2, 0.25) is 0 Å². The van der Waals surface area contributed by atoms with E-state index in [0.29, 0.717) is 6.04 Å². The van der Waals surface area contributed by atoms with Crippen LogP contribution in [-0.4, -0.2) is 67.0 Å². The number of likely N-dealkylation sites (N-methyl/N-ethyl adjacent to an activating group) is 2. The monoisotopic (exact) mass is 239 g/mol. The number of piperidine rings is 1. The summed E-state index contributed by atoms with van der Waals surface area (Å²) in [5.74, 6) is 0. The first-order chi connectivity index (χ1) is 8.18. The molecule has 2 fully saturated rings. The molecule has 2 aliphatic heterocycles. The molecular formula is C13H25N3O. The van der Waals surface area contributed by atoms with Crippen molar-refractivity contribution < 1.29 is 4.79 Å². The van der Waals surface area contributed by atoms with Gasteiger partial charge in [-0.25, -0.2) is 4.79 Å². The van der Waals surface area contributed by atoms with Gasteiger partial charge in [-0.05, 0) is 45.7 Å². The van der Waals surface area contributed by atoms with Crippen molar-refractivity contribution >= 4 is 6.03 Å². The van der Waals surface area contributed by atoms with E-state index in [1.54, 1.807) is 0 Å². The molecule has 4 nitrogen and oxygen atoms in total. The van der Waals surface area contributed by atoms with Crippen molar-refractivity contribution in [3.05, 3.63) is 0 Å². The third-order valence-corrected chi connectivity index (χ3v) is 4.11. The van der Waals surface area contributed by atoms with Gasteiger partial charge in [-0.3, -0.25) is 0 Å². The molecule has 0 aliphatic carbocycles. The molecule has 0 spiro atoms. The summed E-state index contributed by atoms with van der Waals surface area (Å²) in [7, 11) is 4.11. The summed E-state index contributed by atoms with van der Waals surface area (Å²) in [5, 5.41) is 0. The number of likely N-dealkylation sites (tertiary alicyclic amines) is 2. The Kier molecular flexibility index (Phi) is 4.26. The topological polar surface area (TPSA) is 26.8 Å². The van der Waals surface area contributed by atoms with Crippen LogP contribution in [-0.2, 0) is 0 Å². The first kappa shape index (κ1) is 12.7. The van der Waals surface area contributed by atoms with Crippen molar-refractivity contribution in [2.45, 2.75) is 38.1 Å². The number of carbonyl (C=O) groups excluding carboxylic acids is 1. The van der Waals surface area contributed by atoms with Crippen molar-refractivity contribution in [2.75, 3.05) is 40.3 Å². The van der Waals surface area contributed by atoms with Crippen LogP contribution in [0.3, 0.4) is 0 Å². The fourth-order valence-corrected chi connectivity index (χ4v) is 2.93. The van der Waals surface area contributed by atoms with E-state index >= 15 is 0 Å². The molecule has 0 N–H and O–H groups in total. The Morgan fingerprint density at radius 1 is 1.18 bits per heavy atom. The number of rotatable bonds is 2. The quantitative estimate of drug-likeness (QED) is 0.732. The molecule has 0 saturated carbocycles. The minimum absolute atomic E-state index is 0.227. The highest BCUT2D eigenvalue weighted by Gasteiger charge is 2.26. The van der Waals surface area contributed by atoms with E-state index < -0.39 is 0 Å². The van der Waals surface area contributed by atoms with E-state index in [2.05, 4.69) is 11.9 Å². The van der Waals surface area contributed by atoms with Gasteiger partial charge in [-0.2, -0.15) is 0 Å². The Labute approximate surface area is 105 Å². The first-order valence-corrected chi connectivity index (χ1v) is 6.89. The van der Waals surface area contributed by atoms with Crippen LogP contribution in [0.5, 0.6) is 0 Å². The van der Waals surface area contributed by atoms with Crippen molar-refractivity contribution in [3.63, 3.8) is 0 Å². The molecule has 0 aromatic carbocycles. The lowest BCUT2D eigenvalue weighted by Gasteiger charge is -2.33. The molecule has 0 aromatic heterocycles. The predicted octanol–water partition coefficient (Wildman–Crippen LogP) is 1.62. The lowest BCUT2D eigenvalue weighted by Crippen LogP contribution is -2.47. The number of hydrogen-bond acceptors (Lipinski definition) is 2. The van der Waals surface area contributed by atoms with Crippen LogP contribution >= 0.6 is 0 Å². The van der Waals surface area contributed by atoms with Crippen molar-refractivity contribution in [1.82, 2.24) is 14.7 Å². The molecule has 98 valence electrons. The van der Waals surface area contributed by atoms with Crippen molar-refractivity contribution in [2.24, 2.45) is 0 Å². The Bertz CT molecular complexity index is 263. The van der Waals surface area contributed by atoms with E-state index in [9.17, 15) is 4.79 Å². The van der Waals surface area contributed by atoms with Crippen LogP contribution in [0.4, 0.5) is 4.79 Å². The summed E-state index contributed by atoms with van der Waals surface area (Å²) in [6.07, 6.45) is 6.12. The van der Waals surface area contributed by atoms with Gasteiger partial charge in [-0.15, -0.1) is 0 Å². The maximum absolute atomic E-state index is 12.2. The molecule has 1 atom stereocenters. The number of amides is 2. The van der Waals surface area contributed by atoms with E-state index in [0.717, 1.165) is 19.6 Å². The van der Waals surface area contributed by atoms with Crippen LogP contribution in [0.1, 0.15) is 32.1 Å². The van der Waals surface area contributed by atoms with E-state index in [4.69, 9.17) is 0 Å². The predicted molar refractivity (Wildman–Crippen MR) is 69.1 cm³/mol. The zero-order valence-electron chi connectivity index (χ0n) is 11.2. The number of urea groups is 1. The maximum atomic E-state index is 12.2. The normalized spacial score (nSPS) is 26.2. The highest BCUT2D eigenvalue weighted by Crippen LogP contribution is 2.17. The van der Waals surface area contributed by atoms with Crippen molar-refractivity contribution in [3.8, 4) is 0 Å². The van der Waals surface area contributed by atoms with Crippen LogP contribution in [0.25, 0.3) is 0 Å². The lowest BCUT2D eigenvalue weighted by atomic mass is 10.1. The first-order valence-electron chi connectivity index (χ1n) is 6.89. The standard InChI is InChI=1S/C13H25N3O/c1-14-8-6-7-12(14)11-15(2)13(17)16-9-4-3-5-10-16/h12H,3-11H2,1-2H3. The van der Waals surface area contributed by atoms with Crippen molar-refractivity contribution in [1.29, 1.82) is 0 Å². The molecule has 2 saturated heterocycles. The zero-order valence-corrected chi connectivity index (χ0v) is 11.2. The smallest absolute Gasteiger partial charge is 0.319 e. The van der Waals surface area contributed by atoms with Gasteiger partial charge in [-0.1, -0.05) is 0 Å². The second-order valence-corrected chi connectivity index (χ2v) is 5.49. The average molecular weight is 239 g/mol. The molecule has 2 aliphatic rings. The van der Waals surface area contributed by atoms with Gasteiger partial charge < -0.3 is 14.7 Å². The van der Waals surface area contributed by atoms with Gasteiger partial charge in [0.1, 0.15) is 0 Å². The Morgan fingerprint density at radius 3 is 2.47 bits per heavy atom. The van der Waals surface area contributed by atoms with Gasteiger partial charge in [0.15, 0.2) is 0 Å². The number of nitrogens with zero attached hydrogens (tertiary/aromatic N) is 3. The van der Waals surface area contributed by atoms with Gasteiger partial charge in [0.25, 0.3) is 0 Å². The Balaban J connectivity index is 1.81. The SMILES string of the molecule is CN(CC1CCCN1C)C(=O)N1CCCCC1. The summed E-state index contributed by atoms with van der Waals surface area (Å²) < 4.78 is 0. The van der Waals surface area contributed by atoms with Crippen LogP contribution < -0.4 is 0 Å². The molecular weight excluding hydrogens is 214 g/mol. The molecule has 2 heterocycles. The third-order valence-electron chi connectivity index (χ3n) is 4.11. The van der Waals surface area contributed by atoms with Crippen LogP contribution in [0, 0.1) is 0 Å². The third kappa shape index (κ3) is 3.12. The Hall–Kier alpha value is -0.770. The minimum Gasteiger partial charge on any atom is -0.326 e. The molecule has 17 heavy (non-hydrogen) atoms. The van der Waals surface area contributed by atoms with Gasteiger partial charge >= 0.3 is 6.03 Å². The summed E-state index contributed by atoms with van der Waals surface area (Å²) in [6, 6.07) is 0.791. The van der Waals surface area contributed by atoms with Gasteiger partial charge in [0.2, 0.25) is 0 Å². The Morgan fingerprint density at radius 2 is 1.88 bits per heavy atom.